The molecule has 202 valence electrons. The van der Waals surface area contributed by atoms with Crippen LogP contribution in [0, 0.1) is 0 Å². The molecule has 2 amide bonds. The summed E-state index contributed by atoms with van der Waals surface area (Å²) < 4.78 is 45.4. The van der Waals surface area contributed by atoms with Crippen molar-refractivity contribution in [2.24, 2.45) is 5.73 Å². The van der Waals surface area contributed by atoms with Gasteiger partial charge in [0.2, 0.25) is 5.91 Å². The van der Waals surface area contributed by atoms with E-state index in [9.17, 15) is 27.6 Å². The molecule has 1 atom stereocenters. The number of amides is 2. The van der Waals surface area contributed by atoms with Crippen molar-refractivity contribution in [1.82, 2.24) is 15.1 Å². The highest BCUT2D eigenvalue weighted by Gasteiger charge is 2.36. The van der Waals surface area contributed by atoms with Crippen LogP contribution in [0.1, 0.15) is 49.9 Å². The van der Waals surface area contributed by atoms with E-state index < -0.39 is 23.6 Å². The van der Waals surface area contributed by atoms with Crippen LogP contribution in [0.3, 0.4) is 0 Å². The molecule has 1 fully saturated rings. The minimum Gasteiger partial charge on any atom is -0.422 e. The number of ether oxygens (including phenoxy) is 1. The van der Waals surface area contributed by atoms with E-state index in [0.717, 1.165) is 17.2 Å². The van der Waals surface area contributed by atoms with Crippen LogP contribution in [-0.2, 0) is 17.4 Å². The number of carbonyl (C=O) groups is 3. The van der Waals surface area contributed by atoms with Crippen molar-refractivity contribution in [1.29, 1.82) is 0 Å². The predicted molar refractivity (Wildman–Crippen MR) is 133 cm³/mol. The molecule has 0 bridgehead atoms. The quantitative estimate of drug-likeness (QED) is 0.391. The van der Waals surface area contributed by atoms with E-state index in [1.165, 1.54) is 29.2 Å². The Bertz CT molecular complexity index is 1420. The molecule has 3 aromatic rings. The number of esters is 1. The zero-order chi connectivity index (χ0) is 27.7. The summed E-state index contributed by atoms with van der Waals surface area (Å²) in [5.41, 5.74) is 5.85. The van der Waals surface area contributed by atoms with Gasteiger partial charge in [-0.05, 0) is 60.4 Å². The van der Waals surface area contributed by atoms with Gasteiger partial charge in [-0.25, -0.2) is 4.79 Å². The van der Waals surface area contributed by atoms with Crippen molar-refractivity contribution in [2.75, 3.05) is 31.1 Å². The number of piperazine rings is 1. The van der Waals surface area contributed by atoms with Crippen molar-refractivity contribution in [3.8, 4) is 5.75 Å². The normalized spacial score (nSPS) is 17.1. The third kappa shape index (κ3) is 5.40. The zero-order valence-corrected chi connectivity index (χ0v) is 20.6. The van der Waals surface area contributed by atoms with Gasteiger partial charge in [-0.3, -0.25) is 9.59 Å². The van der Waals surface area contributed by atoms with Crippen molar-refractivity contribution < 1.29 is 32.3 Å². The highest BCUT2D eigenvalue weighted by atomic mass is 19.4. The molecule has 1 saturated heterocycles. The van der Waals surface area contributed by atoms with Gasteiger partial charge in [0.25, 0.3) is 5.91 Å². The summed E-state index contributed by atoms with van der Waals surface area (Å²) >= 11 is 0. The number of anilines is 1. The molecule has 1 unspecified atom stereocenters. The van der Waals surface area contributed by atoms with E-state index in [1.807, 2.05) is 4.90 Å². The monoisotopic (exact) mass is 539 g/mol. The Balaban J connectivity index is 1.19. The summed E-state index contributed by atoms with van der Waals surface area (Å²) in [6.45, 7) is 1.07. The number of nitrogens with zero attached hydrogens (tertiary/aromatic N) is 4. The number of hydrogen-bond donors (Lipinski definition) is 1. The highest BCUT2D eigenvalue weighted by molar-refractivity contribution is 5.96. The second kappa shape index (κ2) is 10.4. The van der Waals surface area contributed by atoms with Gasteiger partial charge < -0.3 is 20.3 Å². The van der Waals surface area contributed by atoms with Crippen molar-refractivity contribution in [3.63, 3.8) is 0 Å². The number of carbonyl (C=O) groups excluding carboxylic acids is 3. The van der Waals surface area contributed by atoms with Crippen LogP contribution < -0.4 is 15.4 Å². The standard InChI is InChI=1S/C27H24F3N5O4/c28-27(29,30)21-4-2-1-3-20(21)25(37)35-13-11-34(12-14-35)23-10-9-22(32-33-23)26(38)39-17-6-8-18-16(15-17)5-7-19(18)24(31)36/h1-4,6,8-10,15,19H,5,7,11-14H2,(H2,31,36). The number of rotatable bonds is 5. The van der Waals surface area contributed by atoms with Gasteiger partial charge in [-0.15, -0.1) is 10.2 Å². The first kappa shape index (κ1) is 26.1. The molecule has 12 heteroatoms. The Labute approximate surface area is 221 Å². The lowest BCUT2D eigenvalue weighted by Gasteiger charge is -2.35. The Morgan fingerprint density at radius 1 is 0.949 bits per heavy atom. The molecule has 2 aliphatic rings. The second-order valence-corrected chi connectivity index (χ2v) is 9.34. The van der Waals surface area contributed by atoms with E-state index in [1.54, 1.807) is 24.3 Å². The first-order valence-corrected chi connectivity index (χ1v) is 12.3. The van der Waals surface area contributed by atoms with Crippen LogP contribution >= 0.6 is 0 Å². The maximum absolute atomic E-state index is 13.3. The number of aromatic nitrogens is 2. The number of aryl methyl sites for hydroxylation is 1. The molecule has 5 rings (SSSR count). The maximum atomic E-state index is 13.3. The predicted octanol–water partition coefficient (Wildman–Crippen LogP) is 3.19. The highest BCUT2D eigenvalue weighted by Crippen LogP contribution is 2.35. The Hall–Kier alpha value is -4.48. The number of nitrogens with two attached hydrogens (primary N) is 1. The Kier molecular flexibility index (Phi) is 6.94. The average Bonchev–Trinajstić information content (AvgIpc) is 3.36. The number of benzene rings is 2. The van der Waals surface area contributed by atoms with Crippen LogP contribution in [0.4, 0.5) is 19.0 Å². The van der Waals surface area contributed by atoms with Gasteiger partial charge >= 0.3 is 12.1 Å². The molecule has 1 aromatic heterocycles. The molecule has 2 aromatic carbocycles. The van der Waals surface area contributed by atoms with E-state index >= 15 is 0 Å². The summed E-state index contributed by atoms with van der Waals surface area (Å²) in [5.74, 6) is -1.31. The summed E-state index contributed by atoms with van der Waals surface area (Å²) in [7, 11) is 0. The minimum atomic E-state index is -4.62. The third-order valence-electron chi connectivity index (χ3n) is 6.96. The van der Waals surface area contributed by atoms with Gasteiger partial charge in [0.15, 0.2) is 11.5 Å². The summed E-state index contributed by atoms with van der Waals surface area (Å²) in [4.78, 5) is 40.2. The molecule has 0 saturated carbocycles. The van der Waals surface area contributed by atoms with E-state index in [-0.39, 0.29) is 36.2 Å². The molecular weight excluding hydrogens is 515 g/mol. The summed E-state index contributed by atoms with van der Waals surface area (Å²) in [6, 6.07) is 12.9. The fourth-order valence-electron chi connectivity index (χ4n) is 4.94. The minimum absolute atomic E-state index is 0.00756. The molecule has 2 N–H and O–H groups in total. The number of hydrogen-bond acceptors (Lipinski definition) is 7. The van der Waals surface area contributed by atoms with Gasteiger partial charge in [0.05, 0.1) is 17.0 Å². The average molecular weight is 540 g/mol. The summed E-state index contributed by atoms with van der Waals surface area (Å²) in [5, 5.41) is 8.06. The number of primary amides is 1. The molecule has 2 heterocycles. The molecule has 39 heavy (non-hydrogen) atoms. The van der Waals surface area contributed by atoms with Gasteiger partial charge in [0, 0.05) is 26.2 Å². The lowest BCUT2D eigenvalue weighted by molar-refractivity contribution is -0.138. The first-order chi connectivity index (χ1) is 18.6. The maximum Gasteiger partial charge on any atom is 0.417 e. The van der Waals surface area contributed by atoms with E-state index in [0.29, 0.717) is 37.5 Å². The Morgan fingerprint density at radius 3 is 2.36 bits per heavy atom. The lowest BCUT2D eigenvalue weighted by atomic mass is 10.0. The fourth-order valence-corrected chi connectivity index (χ4v) is 4.94. The molecule has 1 aliphatic carbocycles. The number of halogens is 3. The second-order valence-electron chi connectivity index (χ2n) is 9.34. The van der Waals surface area contributed by atoms with Crippen LogP contribution in [0.15, 0.2) is 54.6 Å². The molecule has 0 spiro atoms. The first-order valence-electron chi connectivity index (χ1n) is 12.3. The van der Waals surface area contributed by atoms with Crippen LogP contribution in [-0.4, -0.2) is 59.1 Å². The van der Waals surface area contributed by atoms with Crippen molar-refractivity contribution in [3.05, 3.63) is 82.5 Å². The van der Waals surface area contributed by atoms with Gasteiger partial charge in [-0.2, -0.15) is 13.2 Å². The SMILES string of the molecule is NC(=O)C1CCc2cc(OC(=O)c3ccc(N4CCN(C(=O)c5ccccc5C(F)(F)F)CC4)nn3)ccc21. The largest absolute Gasteiger partial charge is 0.422 e. The molecule has 9 nitrogen and oxygen atoms in total. The molecule has 0 radical (unpaired) electrons. The van der Waals surface area contributed by atoms with Gasteiger partial charge in [-0.1, -0.05) is 18.2 Å². The molecular formula is C27H24F3N5O4. The topological polar surface area (TPSA) is 119 Å². The number of alkyl halides is 3. The third-order valence-corrected chi connectivity index (χ3v) is 6.96. The summed E-state index contributed by atoms with van der Waals surface area (Å²) in [6.07, 6.45) is -3.34. The smallest absolute Gasteiger partial charge is 0.417 e. The van der Waals surface area contributed by atoms with Crippen molar-refractivity contribution >= 4 is 23.6 Å². The van der Waals surface area contributed by atoms with Crippen LogP contribution in [0.25, 0.3) is 0 Å². The molecule has 1 aliphatic heterocycles. The van der Waals surface area contributed by atoms with Gasteiger partial charge in [0.1, 0.15) is 5.75 Å². The van der Waals surface area contributed by atoms with Crippen LogP contribution in [0.5, 0.6) is 5.75 Å². The zero-order valence-electron chi connectivity index (χ0n) is 20.6. The van der Waals surface area contributed by atoms with Crippen LogP contribution in [0.2, 0.25) is 0 Å². The number of fused-ring (bicyclic) bond motifs is 1. The van der Waals surface area contributed by atoms with E-state index in [4.69, 9.17) is 10.5 Å². The van der Waals surface area contributed by atoms with Crippen molar-refractivity contribution in [2.45, 2.75) is 24.9 Å². The Morgan fingerprint density at radius 2 is 1.69 bits per heavy atom. The lowest BCUT2D eigenvalue weighted by Crippen LogP contribution is -2.49. The van der Waals surface area contributed by atoms with E-state index in [2.05, 4.69) is 10.2 Å². The fraction of sp³-hybridized carbons (Fsp3) is 0.296.